The molecule has 0 unspecified atom stereocenters. The van der Waals surface area contributed by atoms with E-state index in [0.29, 0.717) is 11.8 Å². The number of rotatable bonds is 3. The highest BCUT2D eigenvalue weighted by atomic mass is 16.3. The highest BCUT2D eigenvalue weighted by Gasteiger charge is 2.20. The van der Waals surface area contributed by atoms with Crippen LogP contribution in [0.2, 0.25) is 0 Å². The fourth-order valence-electron chi connectivity index (χ4n) is 3.11. The van der Waals surface area contributed by atoms with Crippen molar-refractivity contribution in [3.8, 4) is 0 Å². The highest BCUT2D eigenvalue weighted by molar-refractivity contribution is 5.73. The van der Waals surface area contributed by atoms with Crippen LogP contribution in [0.25, 0.3) is 11.1 Å². The molecule has 0 aliphatic heterocycles. The van der Waals surface area contributed by atoms with Crippen LogP contribution in [0.4, 0.5) is 0 Å². The van der Waals surface area contributed by atoms with Crippen molar-refractivity contribution in [2.75, 3.05) is 0 Å². The minimum atomic E-state index is 0.551. The lowest BCUT2D eigenvalue weighted by atomic mass is 9.89. The molecule has 1 fully saturated rings. The molecule has 3 rings (SSSR count). The predicted octanol–water partition coefficient (Wildman–Crippen LogP) is 5.07. The van der Waals surface area contributed by atoms with Crippen LogP contribution >= 0.6 is 0 Å². The summed E-state index contributed by atoms with van der Waals surface area (Å²) >= 11 is 0. The van der Waals surface area contributed by atoms with E-state index < -0.39 is 0 Å². The average Bonchev–Trinajstić information content (AvgIpc) is 2.82. The van der Waals surface area contributed by atoms with E-state index in [9.17, 15) is 0 Å². The fourth-order valence-corrected chi connectivity index (χ4v) is 3.11. The summed E-state index contributed by atoms with van der Waals surface area (Å²) in [5.74, 6) is 2.20. The second-order valence-corrected chi connectivity index (χ2v) is 6.29. The van der Waals surface area contributed by atoms with Crippen LogP contribution < -0.4 is 0 Å². The third-order valence-corrected chi connectivity index (χ3v) is 4.07. The SMILES string of the molecule is CC(C)Cc1ccc2nc(C3CCCCC3)oc2c1. The van der Waals surface area contributed by atoms with Crippen molar-refractivity contribution in [3.63, 3.8) is 0 Å². The first-order valence-corrected chi connectivity index (χ1v) is 7.62. The molecule has 1 aromatic carbocycles. The fraction of sp³-hybridized carbons (Fsp3) is 0.588. The minimum absolute atomic E-state index is 0.551. The van der Waals surface area contributed by atoms with E-state index in [2.05, 4.69) is 37.0 Å². The number of hydrogen-bond acceptors (Lipinski definition) is 2. The number of benzene rings is 1. The van der Waals surface area contributed by atoms with Gasteiger partial charge in [0.2, 0.25) is 0 Å². The smallest absolute Gasteiger partial charge is 0.198 e. The van der Waals surface area contributed by atoms with Crippen molar-refractivity contribution in [1.29, 1.82) is 0 Å². The van der Waals surface area contributed by atoms with E-state index in [-0.39, 0.29) is 0 Å². The monoisotopic (exact) mass is 257 g/mol. The number of nitrogens with zero attached hydrogens (tertiary/aromatic N) is 1. The van der Waals surface area contributed by atoms with Crippen LogP contribution in [0.15, 0.2) is 22.6 Å². The third-order valence-electron chi connectivity index (χ3n) is 4.07. The molecule has 0 saturated heterocycles. The maximum atomic E-state index is 6.02. The zero-order valence-electron chi connectivity index (χ0n) is 12.0. The largest absolute Gasteiger partial charge is 0.440 e. The summed E-state index contributed by atoms with van der Waals surface area (Å²) in [6.07, 6.45) is 7.60. The average molecular weight is 257 g/mol. The molecule has 0 atom stereocenters. The van der Waals surface area contributed by atoms with E-state index in [1.165, 1.54) is 37.7 Å². The molecule has 1 heterocycles. The lowest BCUT2D eigenvalue weighted by molar-refractivity contribution is 0.373. The summed E-state index contributed by atoms with van der Waals surface area (Å²) in [7, 11) is 0. The van der Waals surface area contributed by atoms with Gasteiger partial charge in [-0.15, -0.1) is 0 Å². The van der Waals surface area contributed by atoms with Crippen molar-refractivity contribution < 1.29 is 4.42 Å². The number of oxazole rings is 1. The van der Waals surface area contributed by atoms with Crippen LogP contribution in [-0.2, 0) is 6.42 Å². The Morgan fingerprint density at radius 3 is 2.74 bits per heavy atom. The number of fused-ring (bicyclic) bond motifs is 1. The lowest BCUT2D eigenvalue weighted by Crippen LogP contribution is -2.04. The second kappa shape index (κ2) is 5.36. The molecule has 1 aliphatic carbocycles. The number of aromatic nitrogens is 1. The van der Waals surface area contributed by atoms with Crippen LogP contribution in [0, 0.1) is 5.92 Å². The molecular weight excluding hydrogens is 234 g/mol. The van der Waals surface area contributed by atoms with Crippen LogP contribution in [0.3, 0.4) is 0 Å². The first kappa shape index (κ1) is 12.7. The summed E-state index contributed by atoms with van der Waals surface area (Å²) in [4.78, 5) is 4.69. The standard InChI is InChI=1S/C17H23NO/c1-12(2)10-13-8-9-15-16(11-13)19-17(18-15)14-6-4-3-5-7-14/h8-9,11-12,14H,3-7,10H2,1-2H3. The first-order valence-electron chi connectivity index (χ1n) is 7.62. The third kappa shape index (κ3) is 2.83. The van der Waals surface area contributed by atoms with Crippen molar-refractivity contribution in [2.45, 2.75) is 58.3 Å². The summed E-state index contributed by atoms with van der Waals surface area (Å²) in [6, 6.07) is 6.48. The Balaban J connectivity index is 1.87. The van der Waals surface area contributed by atoms with Gasteiger partial charge < -0.3 is 4.42 Å². The molecule has 102 valence electrons. The van der Waals surface area contributed by atoms with Gasteiger partial charge in [-0.05, 0) is 42.9 Å². The van der Waals surface area contributed by atoms with Gasteiger partial charge in [-0.3, -0.25) is 0 Å². The predicted molar refractivity (Wildman–Crippen MR) is 78.4 cm³/mol. The Bertz CT molecular complexity index is 549. The summed E-state index contributed by atoms with van der Waals surface area (Å²) < 4.78 is 6.02. The van der Waals surface area contributed by atoms with Gasteiger partial charge >= 0.3 is 0 Å². The molecule has 0 N–H and O–H groups in total. The molecule has 0 amide bonds. The molecule has 2 aromatic rings. The molecule has 1 aliphatic rings. The molecule has 2 heteroatoms. The molecule has 19 heavy (non-hydrogen) atoms. The normalized spacial score (nSPS) is 17.4. The van der Waals surface area contributed by atoms with Crippen LogP contribution in [0.1, 0.15) is 63.3 Å². The van der Waals surface area contributed by atoms with Crippen LogP contribution in [0.5, 0.6) is 0 Å². The lowest BCUT2D eigenvalue weighted by Gasteiger charge is -2.17. The Kier molecular flexibility index (Phi) is 3.58. The molecular formula is C17H23NO. The van der Waals surface area contributed by atoms with Crippen molar-refractivity contribution in [1.82, 2.24) is 4.98 Å². The Hall–Kier alpha value is -1.31. The molecule has 2 nitrogen and oxygen atoms in total. The number of hydrogen-bond donors (Lipinski definition) is 0. The van der Waals surface area contributed by atoms with Gasteiger partial charge in [0.05, 0.1) is 0 Å². The maximum absolute atomic E-state index is 6.02. The zero-order valence-corrected chi connectivity index (χ0v) is 12.0. The van der Waals surface area contributed by atoms with E-state index in [1.807, 2.05) is 0 Å². The topological polar surface area (TPSA) is 26.0 Å². The van der Waals surface area contributed by atoms with E-state index in [0.717, 1.165) is 23.4 Å². The molecule has 0 spiro atoms. The Labute approximate surface area is 115 Å². The van der Waals surface area contributed by atoms with Crippen molar-refractivity contribution >= 4 is 11.1 Å². The van der Waals surface area contributed by atoms with Gasteiger partial charge in [0, 0.05) is 5.92 Å². The van der Waals surface area contributed by atoms with E-state index >= 15 is 0 Å². The Morgan fingerprint density at radius 1 is 1.21 bits per heavy atom. The Morgan fingerprint density at radius 2 is 2.00 bits per heavy atom. The molecule has 0 bridgehead atoms. The second-order valence-electron chi connectivity index (χ2n) is 6.29. The molecule has 0 radical (unpaired) electrons. The molecule has 1 saturated carbocycles. The van der Waals surface area contributed by atoms with Crippen molar-refractivity contribution in [2.24, 2.45) is 5.92 Å². The van der Waals surface area contributed by atoms with Gasteiger partial charge in [0.25, 0.3) is 0 Å². The summed E-state index contributed by atoms with van der Waals surface area (Å²) in [6.45, 7) is 4.50. The van der Waals surface area contributed by atoms with Gasteiger partial charge in [-0.1, -0.05) is 39.2 Å². The minimum Gasteiger partial charge on any atom is -0.440 e. The van der Waals surface area contributed by atoms with Gasteiger partial charge in [-0.25, -0.2) is 4.98 Å². The van der Waals surface area contributed by atoms with Gasteiger partial charge in [-0.2, -0.15) is 0 Å². The zero-order chi connectivity index (χ0) is 13.2. The van der Waals surface area contributed by atoms with Gasteiger partial charge in [0.15, 0.2) is 11.5 Å². The van der Waals surface area contributed by atoms with Crippen LogP contribution in [-0.4, -0.2) is 4.98 Å². The quantitative estimate of drug-likeness (QED) is 0.767. The summed E-state index contributed by atoms with van der Waals surface area (Å²) in [5, 5.41) is 0. The van der Waals surface area contributed by atoms with E-state index in [1.54, 1.807) is 0 Å². The molecule has 1 aromatic heterocycles. The van der Waals surface area contributed by atoms with Gasteiger partial charge in [0.1, 0.15) is 5.52 Å². The van der Waals surface area contributed by atoms with E-state index in [4.69, 9.17) is 4.42 Å². The highest BCUT2D eigenvalue weighted by Crippen LogP contribution is 2.33. The first-order chi connectivity index (χ1) is 9.22. The van der Waals surface area contributed by atoms with Crippen molar-refractivity contribution in [3.05, 3.63) is 29.7 Å². The summed E-state index contributed by atoms with van der Waals surface area (Å²) in [5.41, 5.74) is 3.35. The maximum Gasteiger partial charge on any atom is 0.198 e.